The van der Waals surface area contributed by atoms with Gasteiger partial charge in [0.15, 0.2) is 0 Å². The predicted molar refractivity (Wildman–Crippen MR) is 73.3 cm³/mol. The summed E-state index contributed by atoms with van der Waals surface area (Å²) in [7, 11) is 0. The number of para-hydroxylation sites is 1. The lowest BCUT2D eigenvalue weighted by molar-refractivity contribution is 0.146. The maximum atomic E-state index is 12.2. The number of fused-ring (bicyclic) bond motifs is 1. The Kier molecular flexibility index (Phi) is 3.69. The third-order valence-electron chi connectivity index (χ3n) is 4.01. The molecule has 0 aliphatic carbocycles. The molecule has 0 bridgehead atoms. The van der Waals surface area contributed by atoms with Gasteiger partial charge in [-0.15, -0.1) is 0 Å². The fourth-order valence-electron chi connectivity index (χ4n) is 3.03. The molecule has 0 saturated carbocycles. The Balaban J connectivity index is 1.63. The zero-order valence-electron chi connectivity index (χ0n) is 11.1. The van der Waals surface area contributed by atoms with Crippen LogP contribution < -0.4 is 4.74 Å². The van der Waals surface area contributed by atoms with Crippen LogP contribution in [0.4, 0.5) is 4.79 Å². The molecule has 2 fully saturated rings. The lowest BCUT2D eigenvalue weighted by Gasteiger charge is -2.25. The second-order valence-electron chi connectivity index (χ2n) is 5.31. The van der Waals surface area contributed by atoms with Gasteiger partial charge in [0.1, 0.15) is 5.75 Å². The average Bonchev–Trinajstić information content (AvgIpc) is 2.77. The van der Waals surface area contributed by atoms with Crippen molar-refractivity contribution in [1.82, 2.24) is 9.80 Å². The molecule has 1 amide bonds. The van der Waals surface area contributed by atoms with Crippen molar-refractivity contribution in [1.29, 1.82) is 0 Å². The molecule has 1 atom stereocenters. The average molecular weight is 260 g/mol. The van der Waals surface area contributed by atoms with Gasteiger partial charge in [0, 0.05) is 25.7 Å². The summed E-state index contributed by atoms with van der Waals surface area (Å²) in [4.78, 5) is 16.6. The van der Waals surface area contributed by atoms with E-state index in [1.165, 1.54) is 19.4 Å². The van der Waals surface area contributed by atoms with Crippen molar-refractivity contribution in [2.24, 2.45) is 0 Å². The Hall–Kier alpha value is -1.55. The Bertz CT molecular complexity index is 435. The Morgan fingerprint density at radius 3 is 2.74 bits per heavy atom. The molecule has 0 spiro atoms. The van der Waals surface area contributed by atoms with E-state index in [0.717, 1.165) is 26.1 Å². The minimum Gasteiger partial charge on any atom is -0.410 e. The van der Waals surface area contributed by atoms with Gasteiger partial charge in [-0.2, -0.15) is 0 Å². The van der Waals surface area contributed by atoms with Crippen LogP contribution in [0.15, 0.2) is 30.3 Å². The number of ether oxygens (including phenoxy) is 1. The van der Waals surface area contributed by atoms with Crippen LogP contribution in [0.2, 0.25) is 0 Å². The second kappa shape index (κ2) is 5.61. The summed E-state index contributed by atoms with van der Waals surface area (Å²) in [6.45, 7) is 3.91. The molecule has 4 heteroatoms. The minimum atomic E-state index is -0.208. The lowest BCUT2D eigenvalue weighted by atomic mass is 10.2. The van der Waals surface area contributed by atoms with Crippen molar-refractivity contribution in [2.45, 2.75) is 25.3 Å². The predicted octanol–water partition coefficient (Wildman–Crippen LogP) is 2.36. The molecule has 2 heterocycles. The highest BCUT2D eigenvalue weighted by Crippen LogP contribution is 2.22. The first kappa shape index (κ1) is 12.5. The fraction of sp³-hybridized carbons (Fsp3) is 0.533. The van der Waals surface area contributed by atoms with Gasteiger partial charge in [0.25, 0.3) is 0 Å². The van der Waals surface area contributed by atoms with Gasteiger partial charge in [-0.05, 0) is 37.9 Å². The number of carbonyl (C=O) groups excluding carboxylic acids is 1. The molecule has 2 saturated heterocycles. The topological polar surface area (TPSA) is 32.8 Å². The van der Waals surface area contributed by atoms with E-state index < -0.39 is 0 Å². The van der Waals surface area contributed by atoms with Crippen molar-refractivity contribution in [3.63, 3.8) is 0 Å². The maximum absolute atomic E-state index is 12.2. The summed E-state index contributed by atoms with van der Waals surface area (Å²) in [5.74, 6) is 0.625. The van der Waals surface area contributed by atoms with E-state index in [9.17, 15) is 4.79 Å². The van der Waals surface area contributed by atoms with Gasteiger partial charge < -0.3 is 9.64 Å². The van der Waals surface area contributed by atoms with Crippen LogP contribution in [-0.2, 0) is 0 Å². The van der Waals surface area contributed by atoms with E-state index in [1.54, 1.807) is 0 Å². The summed E-state index contributed by atoms with van der Waals surface area (Å²) in [5, 5.41) is 0. The first-order valence-corrected chi connectivity index (χ1v) is 7.09. The lowest BCUT2D eigenvalue weighted by Crippen LogP contribution is -2.40. The van der Waals surface area contributed by atoms with Crippen LogP contribution in [0.3, 0.4) is 0 Å². The van der Waals surface area contributed by atoms with Crippen molar-refractivity contribution in [2.75, 3.05) is 26.2 Å². The molecule has 4 nitrogen and oxygen atoms in total. The molecule has 1 aromatic rings. The van der Waals surface area contributed by atoms with E-state index in [0.29, 0.717) is 11.8 Å². The molecule has 3 rings (SSSR count). The highest BCUT2D eigenvalue weighted by molar-refractivity contribution is 5.70. The standard InChI is InChI=1S/C15H20N2O2/c18-15(19-14-7-2-1-3-8-14)17-11-5-10-16-9-4-6-13(16)12-17/h1-3,7-8,13H,4-6,9-12H2. The van der Waals surface area contributed by atoms with Crippen molar-refractivity contribution in [3.8, 4) is 5.75 Å². The molecule has 1 unspecified atom stereocenters. The highest BCUT2D eigenvalue weighted by atomic mass is 16.6. The number of hydrogen-bond donors (Lipinski definition) is 0. The quantitative estimate of drug-likeness (QED) is 0.777. The summed E-state index contributed by atoms with van der Waals surface area (Å²) in [6.07, 6.45) is 3.29. The van der Waals surface area contributed by atoms with E-state index in [4.69, 9.17) is 4.74 Å². The highest BCUT2D eigenvalue weighted by Gasteiger charge is 2.31. The smallest absolute Gasteiger partial charge is 0.410 e. The van der Waals surface area contributed by atoms with E-state index in [2.05, 4.69) is 4.90 Å². The van der Waals surface area contributed by atoms with E-state index >= 15 is 0 Å². The zero-order chi connectivity index (χ0) is 13.1. The van der Waals surface area contributed by atoms with Crippen LogP contribution in [0, 0.1) is 0 Å². The van der Waals surface area contributed by atoms with E-state index in [-0.39, 0.29) is 6.09 Å². The van der Waals surface area contributed by atoms with Crippen molar-refractivity contribution < 1.29 is 9.53 Å². The van der Waals surface area contributed by atoms with Crippen LogP contribution in [0.5, 0.6) is 5.75 Å². The Morgan fingerprint density at radius 1 is 1.11 bits per heavy atom. The van der Waals surface area contributed by atoms with Gasteiger partial charge in [-0.1, -0.05) is 18.2 Å². The summed E-state index contributed by atoms with van der Waals surface area (Å²) in [6, 6.07) is 9.84. The molecule has 0 aromatic heterocycles. The zero-order valence-corrected chi connectivity index (χ0v) is 11.1. The molecule has 2 aliphatic heterocycles. The molecular weight excluding hydrogens is 240 g/mol. The first-order valence-electron chi connectivity index (χ1n) is 7.09. The maximum Gasteiger partial charge on any atom is 0.415 e. The molecule has 102 valence electrons. The summed E-state index contributed by atoms with van der Waals surface area (Å²) >= 11 is 0. The largest absolute Gasteiger partial charge is 0.415 e. The number of benzene rings is 1. The molecule has 1 aromatic carbocycles. The normalized spacial score (nSPS) is 23.8. The molecule has 19 heavy (non-hydrogen) atoms. The number of hydrogen-bond acceptors (Lipinski definition) is 3. The Labute approximate surface area is 113 Å². The summed E-state index contributed by atoms with van der Waals surface area (Å²) < 4.78 is 5.43. The molecule has 0 N–H and O–H groups in total. The summed E-state index contributed by atoms with van der Waals surface area (Å²) in [5.41, 5.74) is 0. The van der Waals surface area contributed by atoms with E-state index in [1.807, 2.05) is 35.2 Å². The van der Waals surface area contributed by atoms with Crippen molar-refractivity contribution >= 4 is 6.09 Å². The van der Waals surface area contributed by atoms with Crippen LogP contribution in [0.25, 0.3) is 0 Å². The number of rotatable bonds is 1. The van der Waals surface area contributed by atoms with Gasteiger partial charge in [-0.25, -0.2) is 4.79 Å². The first-order chi connectivity index (χ1) is 9.33. The second-order valence-corrected chi connectivity index (χ2v) is 5.31. The minimum absolute atomic E-state index is 0.208. The Morgan fingerprint density at radius 2 is 1.89 bits per heavy atom. The van der Waals surface area contributed by atoms with Crippen LogP contribution >= 0.6 is 0 Å². The monoisotopic (exact) mass is 260 g/mol. The SMILES string of the molecule is O=C(Oc1ccccc1)N1CCCN2CCCC2C1. The number of amides is 1. The number of nitrogens with zero attached hydrogens (tertiary/aromatic N) is 2. The van der Waals surface area contributed by atoms with Gasteiger partial charge in [0.2, 0.25) is 0 Å². The third kappa shape index (κ3) is 2.89. The third-order valence-corrected chi connectivity index (χ3v) is 4.01. The molecule has 0 radical (unpaired) electrons. The number of carbonyl (C=O) groups is 1. The van der Waals surface area contributed by atoms with Gasteiger partial charge in [0.05, 0.1) is 0 Å². The van der Waals surface area contributed by atoms with Gasteiger partial charge in [-0.3, -0.25) is 4.90 Å². The molecular formula is C15H20N2O2. The van der Waals surface area contributed by atoms with Crippen molar-refractivity contribution in [3.05, 3.63) is 30.3 Å². The fourth-order valence-corrected chi connectivity index (χ4v) is 3.03. The van der Waals surface area contributed by atoms with Crippen LogP contribution in [0.1, 0.15) is 19.3 Å². The van der Waals surface area contributed by atoms with Gasteiger partial charge >= 0.3 is 6.09 Å². The molecule has 2 aliphatic rings. The van der Waals surface area contributed by atoms with Crippen LogP contribution in [-0.4, -0.2) is 48.1 Å².